The number of hydrogen-bond donors (Lipinski definition) is 1. The van der Waals surface area contributed by atoms with Gasteiger partial charge in [-0.1, -0.05) is 30.7 Å². The van der Waals surface area contributed by atoms with Crippen LogP contribution in [-0.4, -0.2) is 6.54 Å². The van der Waals surface area contributed by atoms with Crippen molar-refractivity contribution in [3.63, 3.8) is 0 Å². The molecule has 2 aromatic rings. The Morgan fingerprint density at radius 1 is 1.05 bits per heavy atom. The number of thiophene rings is 1. The molecule has 102 valence electrons. The van der Waals surface area contributed by atoms with E-state index in [1.165, 1.54) is 32.0 Å². The fraction of sp³-hybridized carbons (Fsp3) is 0.412. The van der Waals surface area contributed by atoms with Crippen LogP contribution in [0.4, 0.5) is 0 Å². The monoisotopic (exact) mass is 273 g/mol. The molecule has 2 heteroatoms. The minimum absolute atomic E-state index is 0.315. The molecule has 0 saturated carbocycles. The van der Waals surface area contributed by atoms with Gasteiger partial charge in [-0.3, -0.25) is 0 Å². The predicted octanol–water partition coefficient (Wildman–Crippen LogP) is 4.68. The van der Waals surface area contributed by atoms with Gasteiger partial charge in [0.2, 0.25) is 0 Å². The van der Waals surface area contributed by atoms with Crippen molar-refractivity contribution in [3.8, 4) is 0 Å². The molecule has 1 aromatic heterocycles. The molecule has 1 N–H and O–H groups in total. The van der Waals surface area contributed by atoms with Crippen LogP contribution in [0.1, 0.15) is 45.0 Å². The summed E-state index contributed by atoms with van der Waals surface area (Å²) in [6.07, 6.45) is 0. The van der Waals surface area contributed by atoms with E-state index in [0.29, 0.717) is 6.04 Å². The van der Waals surface area contributed by atoms with Crippen LogP contribution in [-0.2, 0) is 0 Å². The number of rotatable bonds is 4. The predicted molar refractivity (Wildman–Crippen MR) is 85.2 cm³/mol. The Hall–Kier alpha value is -1.12. The molecular formula is C17H23NS. The Kier molecular flexibility index (Phi) is 4.43. The molecule has 0 amide bonds. The molecule has 1 aromatic carbocycles. The second-order valence-corrected chi connectivity index (χ2v) is 6.68. The molecule has 0 aliphatic heterocycles. The molecule has 1 unspecified atom stereocenters. The van der Waals surface area contributed by atoms with E-state index in [4.69, 9.17) is 0 Å². The first-order valence-electron chi connectivity index (χ1n) is 6.90. The Bertz CT molecular complexity index is 569. The second kappa shape index (κ2) is 5.89. The van der Waals surface area contributed by atoms with Crippen molar-refractivity contribution in [2.75, 3.05) is 6.54 Å². The molecule has 19 heavy (non-hydrogen) atoms. The molecule has 0 spiro atoms. The number of nitrogens with one attached hydrogen (secondary N) is 1. The number of hydrogen-bond acceptors (Lipinski definition) is 2. The van der Waals surface area contributed by atoms with Crippen LogP contribution in [0.15, 0.2) is 24.3 Å². The highest BCUT2D eigenvalue weighted by Crippen LogP contribution is 2.32. The van der Waals surface area contributed by atoms with Gasteiger partial charge in [0, 0.05) is 9.75 Å². The first-order chi connectivity index (χ1) is 9.02. The van der Waals surface area contributed by atoms with Crippen molar-refractivity contribution < 1.29 is 0 Å². The lowest BCUT2D eigenvalue weighted by Crippen LogP contribution is -2.23. The molecule has 1 atom stereocenters. The van der Waals surface area contributed by atoms with Crippen molar-refractivity contribution in [2.24, 2.45) is 0 Å². The van der Waals surface area contributed by atoms with Crippen molar-refractivity contribution >= 4 is 11.3 Å². The average Bonchev–Trinajstić information content (AvgIpc) is 2.66. The van der Waals surface area contributed by atoms with Gasteiger partial charge in [-0.25, -0.2) is 0 Å². The van der Waals surface area contributed by atoms with Gasteiger partial charge in [0.15, 0.2) is 0 Å². The van der Waals surface area contributed by atoms with Crippen LogP contribution < -0.4 is 5.32 Å². The maximum absolute atomic E-state index is 3.64. The molecule has 0 aliphatic rings. The van der Waals surface area contributed by atoms with Gasteiger partial charge < -0.3 is 5.32 Å². The summed E-state index contributed by atoms with van der Waals surface area (Å²) in [7, 11) is 0. The highest BCUT2D eigenvalue weighted by atomic mass is 32.1. The maximum Gasteiger partial charge on any atom is 0.0590 e. The second-order valence-electron chi connectivity index (χ2n) is 5.22. The summed E-state index contributed by atoms with van der Waals surface area (Å²) < 4.78 is 0. The number of benzene rings is 1. The topological polar surface area (TPSA) is 12.0 Å². The summed E-state index contributed by atoms with van der Waals surface area (Å²) in [5.74, 6) is 0. The Morgan fingerprint density at radius 3 is 2.32 bits per heavy atom. The molecule has 0 fully saturated rings. The highest BCUT2D eigenvalue weighted by molar-refractivity contribution is 7.12. The normalized spacial score (nSPS) is 12.7. The van der Waals surface area contributed by atoms with Gasteiger partial charge in [0.25, 0.3) is 0 Å². The van der Waals surface area contributed by atoms with Gasteiger partial charge >= 0.3 is 0 Å². The largest absolute Gasteiger partial charge is 0.306 e. The summed E-state index contributed by atoms with van der Waals surface area (Å²) >= 11 is 1.89. The zero-order valence-corrected chi connectivity index (χ0v) is 13.3. The molecule has 0 saturated heterocycles. The molecular weight excluding hydrogens is 250 g/mol. The Morgan fingerprint density at radius 2 is 1.79 bits per heavy atom. The molecule has 1 nitrogen and oxygen atoms in total. The lowest BCUT2D eigenvalue weighted by Gasteiger charge is -2.21. The summed E-state index contributed by atoms with van der Waals surface area (Å²) in [6, 6.07) is 9.39. The first kappa shape index (κ1) is 14.3. The third-order valence-corrected chi connectivity index (χ3v) is 4.52. The van der Waals surface area contributed by atoms with Gasteiger partial charge in [-0.05, 0) is 57.0 Å². The van der Waals surface area contributed by atoms with E-state index in [1.807, 2.05) is 11.3 Å². The first-order valence-corrected chi connectivity index (χ1v) is 7.72. The average molecular weight is 273 g/mol. The van der Waals surface area contributed by atoms with Crippen LogP contribution in [0.5, 0.6) is 0 Å². The van der Waals surface area contributed by atoms with Gasteiger partial charge in [0.05, 0.1) is 6.04 Å². The fourth-order valence-electron chi connectivity index (χ4n) is 2.68. The van der Waals surface area contributed by atoms with E-state index < -0.39 is 0 Å². The zero-order chi connectivity index (χ0) is 14.0. The van der Waals surface area contributed by atoms with E-state index in [2.05, 4.69) is 64.2 Å². The van der Waals surface area contributed by atoms with Crippen molar-refractivity contribution in [1.29, 1.82) is 0 Å². The van der Waals surface area contributed by atoms with E-state index in [1.54, 1.807) is 0 Å². The SMILES string of the molecule is CCNC(c1ccc(C)cc1C)c1cc(C)sc1C. The summed E-state index contributed by atoms with van der Waals surface area (Å²) in [6.45, 7) is 11.9. The summed E-state index contributed by atoms with van der Waals surface area (Å²) in [5.41, 5.74) is 5.52. The van der Waals surface area contributed by atoms with Crippen molar-refractivity contribution in [2.45, 2.75) is 40.7 Å². The lowest BCUT2D eigenvalue weighted by molar-refractivity contribution is 0.627. The molecule has 2 rings (SSSR count). The summed E-state index contributed by atoms with van der Waals surface area (Å²) in [5, 5.41) is 3.64. The smallest absolute Gasteiger partial charge is 0.0590 e. The Labute approximate surface area is 120 Å². The van der Waals surface area contributed by atoms with Gasteiger partial charge in [0.1, 0.15) is 0 Å². The minimum atomic E-state index is 0.315. The highest BCUT2D eigenvalue weighted by Gasteiger charge is 2.18. The molecule has 0 aliphatic carbocycles. The van der Waals surface area contributed by atoms with Crippen LogP contribution in [0.3, 0.4) is 0 Å². The van der Waals surface area contributed by atoms with Gasteiger partial charge in [-0.15, -0.1) is 11.3 Å². The molecule has 0 bridgehead atoms. The van der Waals surface area contributed by atoms with Crippen LogP contribution in [0.25, 0.3) is 0 Å². The van der Waals surface area contributed by atoms with Gasteiger partial charge in [-0.2, -0.15) is 0 Å². The van der Waals surface area contributed by atoms with Crippen LogP contribution in [0.2, 0.25) is 0 Å². The number of aryl methyl sites for hydroxylation is 4. The van der Waals surface area contributed by atoms with Crippen LogP contribution >= 0.6 is 11.3 Å². The lowest BCUT2D eigenvalue weighted by atomic mass is 9.94. The summed E-state index contributed by atoms with van der Waals surface area (Å²) in [4.78, 5) is 2.81. The molecule has 1 heterocycles. The fourth-order valence-corrected chi connectivity index (χ4v) is 3.64. The van der Waals surface area contributed by atoms with E-state index in [0.717, 1.165) is 6.54 Å². The molecule has 0 radical (unpaired) electrons. The minimum Gasteiger partial charge on any atom is -0.306 e. The third-order valence-electron chi connectivity index (χ3n) is 3.53. The van der Waals surface area contributed by atoms with E-state index >= 15 is 0 Å². The zero-order valence-electron chi connectivity index (χ0n) is 12.5. The van der Waals surface area contributed by atoms with Crippen molar-refractivity contribution in [1.82, 2.24) is 5.32 Å². The van der Waals surface area contributed by atoms with E-state index in [-0.39, 0.29) is 0 Å². The quantitative estimate of drug-likeness (QED) is 0.853. The van der Waals surface area contributed by atoms with Crippen LogP contribution in [0, 0.1) is 27.7 Å². The third kappa shape index (κ3) is 3.07. The Balaban J connectivity index is 2.48. The van der Waals surface area contributed by atoms with Crippen molar-refractivity contribution in [3.05, 3.63) is 56.3 Å². The van der Waals surface area contributed by atoms with E-state index in [9.17, 15) is 0 Å². The maximum atomic E-state index is 3.64. The standard InChI is InChI=1S/C17H23NS/c1-6-18-17(16-10-13(4)19-14(16)5)15-8-7-11(2)9-12(15)3/h7-10,17-18H,6H2,1-5H3.